The number of carboxylic acid groups (broad SMARTS) is 1. The van der Waals surface area contributed by atoms with E-state index in [1.807, 2.05) is 31.2 Å². The van der Waals surface area contributed by atoms with E-state index in [9.17, 15) is 4.79 Å². The van der Waals surface area contributed by atoms with E-state index >= 15 is 0 Å². The summed E-state index contributed by atoms with van der Waals surface area (Å²) in [5, 5.41) is 10.0. The third-order valence-electron chi connectivity index (χ3n) is 2.87. The molecule has 0 spiro atoms. The fourth-order valence-electron chi connectivity index (χ4n) is 1.98. The number of hydrogen-bond acceptors (Lipinski definition) is 4. The quantitative estimate of drug-likeness (QED) is 0.745. The number of thiophene rings is 1. The van der Waals surface area contributed by atoms with Gasteiger partial charge in [0.05, 0.1) is 10.6 Å². The summed E-state index contributed by atoms with van der Waals surface area (Å²) in [6.07, 6.45) is 0. The molecule has 3 N–H and O–H groups in total. The molecule has 0 fully saturated rings. The molecule has 0 aliphatic rings. The Morgan fingerprint density at radius 2 is 2.11 bits per heavy atom. The Morgan fingerprint density at radius 3 is 2.79 bits per heavy atom. The molecule has 0 saturated carbocycles. The minimum absolute atomic E-state index is 0.145. The first kappa shape index (κ1) is 11.8. The molecule has 3 rings (SSSR count). The minimum atomic E-state index is -1.01. The highest BCUT2D eigenvalue weighted by atomic mass is 32.1. The average Bonchev–Trinajstić information content (AvgIpc) is 2.91. The van der Waals surface area contributed by atoms with Crippen molar-refractivity contribution in [2.24, 2.45) is 0 Å². The highest BCUT2D eigenvalue weighted by Crippen LogP contribution is 2.36. The number of rotatable bonds is 2. The standard InChI is InChI=1S/C14H11NO3S/c1-7-2-3-10-8(4-7)5-11(18-10)12-6-9(15)13(19-12)14(16)17/h2-6H,15H2,1H3,(H,16,17). The Kier molecular flexibility index (Phi) is 2.57. The summed E-state index contributed by atoms with van der Waals surface area (Å²) in [5.41, 5.74) is 7.89. The van der Waals surface area contributed by atoms with Crippen LogP contribution >= 0.6 is 11.3 Å². The van der Waals surface area contributed by atoms with E-state index < -0.39 is 5.97 Å². The second-order valence-corrected chi connectivity index (χ2v) is 5.40. The zero-order valence-electron chi connectivity index (χ0n) is 10.1. The third-order valence-corrected chi connectivity index (χ3v) is 4.02. The largest absolute Gasteiger partial charge is 0.477 e. The van der Waals surface area contributed by atoms with Crippen LogP contribution in [0.1, 0.15) is 15.2 Å². The van der Waals surface area contributed by atoms with Gasteiger partial charge in [-0.15, -0.1) is 11.3 Å². The lowest BCUT2D eigenvalue weighted by Crippen LogP contribution is -1.96. The van der Waals surface area contributed by atoms with Gasteiger partial charge in [-0.05, 0) is 31.2 Å². The second kappa shape index (κ2) is 4.13. The first-order valence-electron chi connectivity index (χ1n) is 5.68. The summed E-state index contributed by atoms with van der Waals surface area (Å²) < 4.78 is 5.72. The number of fused-ring (bicyclic) bond motifs is 1. The number of aromatic carboxylic acids is 1. The maximum absolute atomic E-state index is 11.0. The average molecular weight is 273 g/mol. The topological polar surface area (TPSA) is 76.5 Å². The first-order chi connectivity index (χ1) is 9.04. The number of aryl methyl sites for hydroxylation is 1. The number of nitrogens with two attached hydrogens (primary N) is 1. The molecule has 0 amide bonds. The molecule has 19 heavy (non-hydrogen) atoms. The van der Waals surface area contributed by atoms with Crippen LogP contribution in [0.15, 0.2) is 34.7 Å². The summed E-state index contributed by atoms with van der Waals surface area (Å²) in [4.78, 5) is 11.9. The number of anilines is 1. The van der Waals surface area contributed by atoms with Gasteiger partial charge in [-0.25, -0.2) is 4.79 Å². The van der Waals surface area contributed by atoms with Crippen LogP contribution in [0, 0.1) is 6.92 Å². The molecular weight excluding hydrogens is 262 g/mol. The van der Waals surface area contributed by atoms with Gasteiger partial charge in [-0.3, -0.25) is 0 Å². The molecule has 0 aliphatic heterocycles. The van der Waals surface area contributed by atoms with Crippen LogP contribution in [0.25, 0.3) is 21.6 Å². The van der Waals surface area contributed by atoms with E-state index in [-0.39, 0.29) is 10.6 Å². The Bertz CT molecular complexity index is 785. The van der Waals surface area contributed by atoms with Crippen molar-refractivity contribution in [2.75, 3.05) is 5.73 Å². The van der Waals surface area contributed by atoms with E-state index in [4.69, 9.17) is 15.3 Å². The summed E-state index contributed by atoms with van der Waals surface area (Å²) in [7, 11) is 0. The van der Waals surface area contributed by atoms with Gasteiger partial charge in [0.2, 0.25) is 0 Å². The number of hydrogen-bond donors (Lipinski definition) is 2. The fraction of sp³-hybridized carbons (Fsp3) is 0.0714. The van der Waals surface area contributed by atoms with Crippen molar-refractivity contribution in [2.45, 2.75) is 6.92 Å². The summed E-state index contributed by atoms with van der Waals surface area (Å²) in [6.45, 7) is 2.01. The van der Waals surface area contributed by atoms with E-state index in [0.717, 1.165) is 32.7 Å². The van der Waals surface area contributed by atoms with Gasteiger partial charge >= 0.3 is 5.97 Å². The number of carbonyl (C=O) groups is 1. The molecule has 0 saturated heterocycles. The normalized spacial score (nSPS) is 11.0. The molecule has 0 atom stereocenters. The lowest BCUT2D eigenvalue weighted by Gasteiger charge is -1.89. The third kappa shape index (κ3) is 1.98. The van der Waals surface area contributed by atoms with Crippen molar-refractivity contribution in [1.82, 2.24) is 0 Å². The maximum atomic E-state index is 11.0. The van der Waals surface area contributed by atoms with Crippen LogP contribution in [0.3, 0.4) is 0 Å². The predicted molar refractivity (Wildman–Crippen MR) is 75.6 cm³/mol. The molecule has 3 aromatic rings. The van der Waals surface area contributed by atoms with Gasteiger partial charge in [0.25, 0.3) is 0 Å². The Balaban J connectivity index is 2.13. The van der Waals surface area contributed by atoms with E-state index in [0.29, 0.717) is 5.76 Å². The highest BCUT2D eigenvalue weighted by Gasteiger charge is 2.16. The number of benzene rings is 1. The molecule has 0 aliphatic carbocycles. The van der Waals surface area contributed by atoms with Crippen molar-refractivity contribution >= 4 is 34.0 Å². The summed E-state index contributed by atoms with van der Waals surface area (Å²) in [5.74, 6) is -0.370. The van der Waals surface area contributed by atoms with Crippen molar-refractivity contribution in [3.8, 4) is 10.6 Å². The van der Waals surface area contributed by atoms with Gasteiger partial charge in [0.1, 0.15) is 16.2 Å². The lowest BCUT2D eigenvalue weighted by atomic mass is 10.2. The van der Waals surface area contributed by atoms with Crippen molar-refractivity contribution in [3.05, 3.63) is 40.8 Å². The fourth-order valence-corrected chi connectivity index (χ4v) is 2.85. The van der Waals surface area contributed by atoms with Gasteiger partial charge in [-0.2, -0.15) is 0 Å². The maximum Gasteiger partial charge on any atom is 0.348 e. The van der Waals surface area contributed by atoms with Crippen LogP contribution in [-0.4, -0.2) is 11.1 Å². The molecule has 0 radical (unpaired) electrons. The van der Waals surface area contributed by atoms with E-state index in [2.05, 4.69) is 0 Å². The van der Waals surface area contributed by atoms with Gasteiger partial charge < -0.3 is 15.3 Å². The molecule has 1 aromatic carbocycles. The Morgan fingerprint density at radius 1 is 1.32 bits per heavy atom. The van der Waals surface area contributed by atoms with Crippen molar-refractivity contribution < 1.29 is 14.3 Å². The molecule has 0 bridgehead atoms. The number of nitrogen functional groups attached to an aromatic ring is 1. The van der Waals surface area contributed by atoms with Gasteiger partial charge in [-0.1, -0.05) is 11.6 Å². The van der Waals surface area contributed by atoms with Gasteiger partial charge in [0.15, 0.2) is 0 Å². The van der Waals surface area contributed by atoms with Crippen molar-refractivity contribution in [3.63, 3.8) is 0 Å². The second-order valence-electron chi connectivity index (χ2n) is 4.35. The number of carboxylic acids is 1. The van der Waals surface area contributed by atoms with Crippen LogP contribution in [0.2, 0.25) is 0 Å². The van der Waals surface area contributed by atoms with E-state index in [1.54, 1.807) is 6.07 Å². The van der Waals surface area contributed by atoms with Crippen LogP contribution in [0.4, 0.5) is 5.69 Å². The minimum Gasteiger partial charge on any atom is -0.477 e. The van der Waals surface area contributed by atoms with Crippen LogP contribution in [0.5, 0.6) is 0 Å². The molecule has 0 unspecified atom stereocenters. The SMILES string of the molecule is Cc1ccc2oc(-c3cc(N)c(C(=O)O)s3)cc2c1. The van der Waals surface area contributed by atoms with Crippen LogP contribution < -0.4 is 5.73 Å². The van der Waals surface area contributed by atoms with Gasteiger partial charge in [0, 0.05) is 5.39 Å². The monoisotopic (exact) mass is 273 g/mol. The predicted octanol–water partition coefficient (Wildman–Crippen LogP) is 3.75. The molecule has 96 valence electrons. The molecule has 5 heteroatoms. The molecule has 2 heterocycles. The Labute approximate surface area is 113 Å². The molecule has 4 nitrogen and oxygen atoms in total. The smallest absolute Gasteiger partial charge is 0.348 e. The zero-order valence-corrected chi connectivity index (χ0v) is 11.0. The lowest BCUT2D eigenvalue weighted by molar-refractivity contribution is 0.0703. The molecular formula is C14H11NO3S. The Hall–Kier alpha value is -2.27. The first-order valence-corrected chi connectivity index (χ1v) is 6.49. The summed E-state index contributed by atoms with van der Waals surface area (Å²) >= 11 is 1.12. The van der Waals surface area contributed by atoms with Crippen molar-refractivity contribution in [1.29, 1.82) is 0 Å². The zero-order chi connectivity index (χ0) is 13.6. The van der Waals surface area contributed by atoms with E-state index in [1.165, 1.54) is 0 Å². The number of furan rings is 1. The highest BCUT2D eigenvalue weighted by molar-refractivity contribution is 7.17. The summed E-state index contributed by atoms with van der Waals surface area (Å²) in [6, 6.07) is 9.44. The molecule has 2 aromatic heterocycles. The van der Waals surface area contributed by atoms with Crippen LogP contribution in [-0.2, 0) is 0 Å².